The fourth-order valence-corrected chi connectivity index (χ4v) is 5.27. The topological polar surface area (TPSA) is 69.9 Å². The Morgan fingerprint density at radius 1 is 1.23 bits per heavy atom. The van der Waals surface area contributed by atoms with Crippen molar-refractivity contribution < 1.29 is 9.53 Å². The van der Waals surface area contributed by atoms with Crippen molar-refractivity contribution in [3.8, 4) is 17.1 Å². The zero-order valence-corrected chi connectivity index (χ0v) is 19.1. The molecule has 2 heterocycles. The number of nitrogens with zero attached hydrogens (tertiary/aromatic N) is 4. The minimum atomic E-state index is 0.0481. The van der Waals surface area contributed by atoms with E-state index in [1.165, 1.54) is 19.3 Å². The molecule has 0 bridgehead atoms. The lowest BCUT2D eigenvalue weighted by molar-refractivity contribution is 0.101. The molecule has 1 saturated carbocycles. The number of carbonyl (C=O) groups excluding carboxylic acids is 1. The fourth-order valence-electron chi connectivity index (χ4n) is 4.30. The molecule has 2 aromatic heterocycles. The molecule has 31 heavy (non-hydrogen) atoms. The molecule has 1 fully saturated rings. The Labute approximate surface area is 187 Å². The van der Waals surface area contributed by atoms with Crippen molar-refractivity contribution in [2.24, 2.45) is 5.92 Å². The summed E-state index contributed by atoms with van der Waals surface area (Å²) >= 11 is 1.64. The highest BCUT2D eigenvalue weighted by atomic mass is 32.2. The van der Waals surface area contributed by atoms with Crippen LogP contribution in [0.15, 0.2) is 47.9 Å². The first kappa shape index (κ1) is 21.6. The number of hydrogen-bond acceptors (Lipinski definition) is 6. The van der Waals surface area contributed by atoms with E-state index in [0.717, 1.165) is 34.3 Å². The monoisotopic (exact) mass is 436 g/mol. The Kier molecular flexibility index (Phi) is 6.70. The third-order valence-corrected chi connectivity index (χ3v) is 7.02. The van der Waals surface area contributed by atoms with Crippen LogP contribution in [-0.4, -0.2) is 32.6 Å². The maximum Gasteiger partial charge on any atom is 0.192 e. The maximum atomic E-state index is 11.8. The number of benzene rings is 1. The van der Waals surface area contributed by atoms with E-state index in [1.54, 1.807) is 32.0 Å². The molecule has 3 aromatic rings. The van der Waals surface area contributed by atoms with E-state index >= 15 is 0 Å². The zero-order valence-electron chi connectivity index (χ0n) is 18.2. The van der Waals surface area contributed by atoms with E-state index in [0.29, 0.717) is 23.3 Å². The van der Waals surface area contributed by atoms with Crippen LogP contribution in [0.4, 0.5) is 0 Å². The number of aromatic nitrogens is 4. The van der Waals surface area contributed by atoms with Gasteiger partial charge in [-0.05, 0) is 56.0 Å². The number of ketones is 1. The molecule has 4 rings (SSSR count). The van der Waals surface area contributed by atoms with Crippen molar-refractivity contribution in [3.05, 3.63) is 53.9 Å². The molecular weight excluding hydrogens is 408 g/mol. The van der Waals surface area contributed by atoms with Gasteiger partial charge in [-0.1, -0.05) is 31.5 Å². The SMILES string of the molecule is COc1ccc(C(C)=O)cc1CSc1nnc(-c2cccnc2)n1C1CCCCC1C. The van der Waals surface area contributed by atoms with Gasteiger partial charge in [-0.25, -0.2) is 0 Å². The van der Waals surface area contributed by atoms with Crippen molar-refractivity contribution in [2.75, 3.05) is 7.11 Å². The molecule has 2 unspecified atom stereocenters. The normalized spacial score (nSPS) is 18.7. The van der Waals surface area contributed by atoms with Crippen LogP contribution in [-0.2, 0) is 5.75 Å². The van der Waals surface area contributed by atoms with E-state index in [2.05, 4.69) is 26.7 Å². The standard InChI is InChI=1S/C24H28N4O2S/c1-16-7-4-5-9-21(16)28-23(19-8-6-12-25-14-19)26-27-24(28)31-15-20-13-18(17(2)29)10-11-22(20)30-3/h6,8,10-14,16,21H,4-5,7,9,15H2,1-3H3. The highest BCUT2D eigenvalue weighted by molar-refractivity contribution is 7.98. The lowest BCUT2D eigenvalue weighted by atomic mass is 9.85. The molecule has 0 saturated heterocycles. The molecule has 1 aliphatic carbocycles. The summed E-state index contributed by atoms with van der Waals surface area (Å²) in [6.45, 7) is 3.91. The van der Waals surface area contributed by atoms with Gasteiger partial charge in [0, 0.05) is 40.9 Å². The molecule has 162 valence electrons. The fraction of sp³-hybridized carbons (Fsp3) is 0.417. The number of Topliss-reactive ketones (excluding diaryl/α,β-unsaturated/α-hetero) is 1. The second-order valence-electron chi connectivity index (χ2n) is 8.12. The summed E-state index contributed by atoms with van der Waals surface area (Å²) in [5.74, 6) is 2.92. The second kappa shape index (κ2) is 9.64. The Hall–Kier alpha value is -2.67. The molecule has 6 nitrogen and oxygen atoms in total. The van der Waals surface area contributed by atoms with Gasteiger partial charge in [-0.3, -0.25) is 14.3 Å². The van der Waals surface area contributed by atoms with Crippen molar-refractivity contribution in [1.82, 2.24) is 19.7 Å². The summed E-state index contributed by atoms with van der Waals surface area (Å²) in [5.41, 5.74) is 2.65. The molecule has 0 N–H and O–H groups in total. The number of ether oxygens (including phenoxy) is 1. The number of thioether (sulfide) groups is 1. The molecule has 2 atom stereocenters. The van der Waals surface area contributed by atoms with Gasteiger partial charge in [0.05, 0.1) is 7.11 Å². The van der Waals surface area contributed by atoms with Crippen LogP contribution in [0.2, 0.25) is 0 Å². The summed E-state index contributed by atoms with van der Waals surface area (Å²) in [6.07, 6.45) is 8.47. The lowest BCUT2D eigenvalue weighted by Gasteiger charge is -2.31. The van der Waals surface area contributed by atoms with Gasteiger partial charge in [-0.15, -0.1) is 10.2 Å². The molecular formula is C24H28N4O2S. The Morgan fingerprint density at radius 2 is 2.06 bits per heavy atom. The zero-order chi connectivity index (χ0) is 21.8. The summed E-state index contributed by atoms with van der Waals surface area (Å²) in [6, 6.07) is 9.93. The van der Waals surface area contributed by atoms with Crippen LogP contribution < -0.4 is 4.74 Å². The highest BCUT2D eigenvalue weighted by Gasteiger charge is 2.28. The predicted molar refractivity (Wildman–Crippen MR) is 122 cm³/mol. The predicted octanol–water partition coefficient (Wildman–Crippen LogP) is 5.59. The van der Waals surface area contributed by atoms with Crippen molar-refractivity contribution in [1.29, 1.82) is 0 Å². The van der Waals surface area contributed by atoms with Crippen molar-refractivity contribution >= 4 is 17.5 Å². The maximum absolute atomic E-state index is 11.8. The van der Waals surface area contributed by atoms with Gasteiger partial charge in [0.2, 0.25) is 0 Å². The van der Waals surface area contributed by atoms with Crippen LogP contribution in [0.1, 0.15) is 61.5 Å². The number of pyridine rings is 1. The van der Waals surface area contributed by atoms with Gasteiger partial charge in [0.15, 0.2) is 16.8 Å². The average molecular weight is 437 g/mol. The largest absolute Gasteiger partial charge is 0.496 e. The lowest BCUT2D eigenvalue weighted by Crippen LogP contribution is -2.22. The van der Waals surface area contributed by atoms with Gasteiger partial charge in [-0.2, -0.15) is 0 Å². The third kappa shape index (κ3) is 4.66. The molecule has 1 aromatic carbocycles. The van der Waals surface area contributed by atoms with E-state index in [4.69, 9.17) is 4.74 Å². The van der Waals surface area contributed by atoms with Crippen LogP contribution in [0.3, 0.4) is 0 Å². The van der Waals surface area contributed by atoms with E-state index in [1.807, 2.05) is 36.5 Å². The number of hydrogen-bond donors (Lipinski definition) is 0. The van der Waals surface area contributed by atoms with E-state index < -0.39 is 0 Å². The molecule has 1 aliphatic rings. The Morgan fingerprint density at radius 3 is 2.77 bits per heavy atom. The second-order valence-corrected chi connectivity index (χ2v) is 9.06. The quantitative estimate of drug-likeness (QED) is 0.355. The Bertz CT molecular complexity index is 1050. The van der Waals surface area contributed by atoms with E-state index in [9.17, 15) is 4.79 Å². The third-order valence-electron chi connectivity index (χ3n) is 6.03. The smallest absolute Gasteiger partial charge is 0.192 e. The van der Waals surface area contributed by atoms with Crippen LogP contribution in [0, 0.1) is 5.92 Å². The van der Waals surface area contributed by atoms with Crippen molar-refractivity contribution in [2.45, 2.75) is 56.5 Å². The van der Waals surface area contributed by atoms with Crippen LogP contribution in [0.25, 0.3) is 11.4 Å². The van der Waals surface area contributed by atoms with Crippen LogP contribution in [0.5, 0.6) is 5.75 Å². The van der Waals surface area contributed by atoms with Gasteiger partial charge >= 0.3 is 0 Å². The van der Waals surface area contributed by atoms with Crippen molar-refractivity contribution in [3.63, 3.8) is 0 Å². The molecule has 0 spiro atoms. The number of carbonyl (C=O) groups is 1. The van der Waals surface area contributed by atoms with Crippen LogP contribution >= 0.6 is 11.8 Å². The Balaban J connectivity index is 1.68. The van der Waals surface area contributed by atoms with E-state index in [-0.39, 0.29) is 5.78 Å². The first-order valence-electron chi connectivity index (χ1n) is 10.7. The minimum Gasteiger partial charge on any atom is -0.496 e. The summed E-state index contributed by atoms with van der Waals surface area (Å²) < 4.78 is 7.84. The first-order chi connectivity index (χ1) is 15.1. The summed E-state index contributed by atoms with van der Waals surface area (Å²) in [5, 5.41) is 10.0. The molecule has 0 aliphatic heterocycles. The number of methoxy groups -OCH3 is 1. The molecule has 0 radical (unpaired) electrons. The molecule has 0 amide bonds. The molecule has 7 heteroatoms. The first-order valence-corrected chi connectivity index (χ1v) is 11.7. The highest BCUT2D eigenvalue weighted by Crippen LogP contribution is 2.40. The summed E-state index contributed by atoms with van der Waals surface area (Å²) in [4.78, 5) is 16.1. The van der Waals surface area contributed by atoms with Gasteiger partial charge in [0.1, 0.15) is 5.75 Å². The van der Waals surface area contributed by atoms with Gasteiger partial charge in [0.25, 0.3) is 0 Å². The average Bonchev–Trinajstić information content (AvgIpc) is 3.22. The summed E-state index contributed by atoms with van der Waals surface area (Å²) in [7, 11) is 1.66. The minimum absolute atomic E-state index is 0.0481. The number of rotatable bonds is 7. The van der Waals surface area contributed by atoms with Gasteiger partial charge < -0.3 is 4.74 Å².